The molecule has 124 valence electrons. The van der Waals surface area contributed by atoms with E-state index in [4.69, 9.17) is 14.6 Å². The van der Waals surface area contributed by atoms with Gasteiger partial charge in [-0.1, -0.05) is 13.8 Å². The van der Waals surface area contributed by atoms with Crippen LogP contribution in [0.5, 0.6) is 0 Å². The molecular formula is C16H31NO4. The van der Waals surface area contributed by atoms with E-state index in [0.29, 0.717) is 13.0 Å². The van der Waals surface area contributed by atoms with Crippen molar-refractivity contribution in [2.24, 2.45) is 5.41 Å². The van der Waals surface area contributed by atoms with Gasteiger partial charge in [-0.3, -0.25) is 4.90 Å². The standard InChI is InChI=1S/C16H31NO4/c1-14(2,3)21-13(19)17-12(11-20-16(17,6)7)15(4,5)9-8-10-18/h12,18H,8-11H2,1-7H3/t12-/m1/s1. The van der Waals surface area contributed by atoms with Crippen LogP contribution in [0.25, 0.3) is 0 Å². The van der Waals surface area contributed by atoms with Crippen LogP contribution in [0.4, 0.5) is 4.79 Å². The molecule has 0 aromatic rings. The highest BCUT2D eigenvalue weighted by Crippen LogP contribution is 2.40. The Morgan fingerprint density at radius 1 is 1.33 bits per heavy atom. The third-order valence-corrected chi connectivity index (χ3v) is 3.96. The maximum absolute atomic E-state index is 12.6. The van der Waals surface area contributed by atoms with Gasteiger partial charge in [0, 0.05) is 6.61 Å². The Bertz CT molecular complexity index is 371. The number of hydrogen-bond acceptors (Lipinski definition) is 4. The second kappa shape index (κ2) is 6.13. The van der Waals surface area contributed by atoms with Crippen LogP contribution in [0, 0.1) is 5.41 Å². The number of aliphatic hydroxyl groups is 1. The Balaban J connectivity index is 2.96. The fraction of sp³-hybridized carbons (Fsp3) is 0.938. The minimum absolute atomic E-state index is 0.0612. The molecule has 1 aliphatic rings. The van der Waals surface area contributed by atoms with Crippen LogP contribution < -0.4 is 0 Å². The van der Waals surface area contributed by atoms with E-state index >= 15 is 0 Å². The van der Waals surface area contributed by atoms with Crippen LogP contribution in [-0.2, 0) is 9.47 Å². The van der Waals surface area contributed by atoms with Crippen molar-refractivity contribution in [1.82, 2.24) is 4.90 Å². The number of carbonyl (C=O) groups excluding carboxylic acids is 1. The minimum atomic E-state index is -0.677. The molecule has 1 atom stereocenters. The molecular weight excluding hydrogens is 270 g/mol. The summed E-state index contributed by atoms with van der Waals surface area (Å²) >= 11 is 0. The van der Waals surface area contributed by atoms with E-state index in [-0.39, 0.29) is 24.2 Å². The molecule has 5 nitrogen and oxygen atoms in total. The van der Waals surface area contributed by atoms with Gasteiger partial charge in [-0.2, -0.15) is 0 Å². The zero-order valence-corrected chi connectivity index (χ0v) is 14.5. The van der Waals surface area contributed by atoms with Crippen LogP contribution in [0.2, 0.25) is 0 Å². The van der Waals surface area contributed by atoms with Crippen LogP contribution in [0.1, 0.15) is 61.3 Å². The molecule has 0 unspecified atom stereocenters. The molecule has 0 bridgehead atoms. The molecule has 1 N–H and O–H groups in total. The molecule has 0 saturated carbocycles. The van der Waals surface area contributed by atoms with Crippen molar-refractivity contribution in [2.45, 2.75) is 78.7 Å². The van der Waals surface area contributed by atoms with Crippen molar-refractivity contribution in [3.8, 4) is 0 Å². The Morgan fingerprint density at radius 3 is 2.38 bits per heavy atom. The van der Waals surface area contributed by atoms with E-state index in [1.807, 2.05) is 34.6 Å². The van der Waals surface area contributed by atoms with Gasteiger partial charge in [0.25, 0.3) is 0 Å². The monoisotopic (exact) mass is 301 g/mol. The van der Waals surface area contributed by atoms with Gasteiger partial charge in [-0.15, -0.1) is 0 Å². The first-order valence-corrected chi connectivity index (χ1v) is 7.68. The summed E-state index contributed by atoms with van der Waals surface area (Å²) in [7, 11) is 0. The number of ether oxygens (including phenoxy) is 2. The fourth-order valence-electron chi connectivity index (χ4n) is 2.74. The van der Waals surface area contributed by atoms with Gasteiger partial charge in [-0.25, -0.2) is 4.79 Å². The van der Waals surface area contributed by atoms with Crippen molar-refractivity contribution >= 4 is 6.09 Å². The largest absolute Gasteiger partial charge is 0.444 e. The molecule has 0 aromatic heterocycles. The lowest BCUT2D eigenvalue weighted by atomic mass is 9.80. The maximum Gasteiger partial charge on any atom is 0.412 e. The summed E-state index contributed by atoms with van der Waals surface area (Å²) in [4.78, 5) is 14.3. The Labute approximate surface area is 128 Å². The molecule has 5 heteroatoms. The lowest BCUT2D eigenvalue weighted by molar-refractivity contribution is -0.0675. The van der Waals surface area contributed by atoms with E-state index in [2.05, 4.69) is 13.8 Å². The number of amides is 1. The number of nitrogens with zero attached hydrogens (tertiary/aromatic N) is 1. The average Bonchev–Trinajstić information content (AvgIpc) is 2.60. The first kappa shape index (κ1) is 18.2. The molecule has 0 spiro atoms. The average molecular weight is 301 g/mol. The van der Waals surface area contributed by atoms with Crippen molar-refractivity contribution in [3.05, 3.63) is 0 Å². The highest BCUT2D eigenvalue weighted by atomic mass is 16.6. The number of hydrogen-bond donors (Lipinski definition) is 1. The molecule has 1 amide bonds. The van der Waals surface area contributed by atoms with E-state index in [1.165, 1.54) is 0 Å². The topological polar surface area (TPSA) is 59.0 Å². The van der Waals surface area contributed by atoms with Crippen molar-refractivity contribution in [3.63, 3.8) is 0 Å². The second-order valence-corrected chi connectivity index (χ2v) is 7.94. The lowest BCUT2D eigenvalue weighted by Gasteiger charge is -2.41. The third kappa shape index (κ3) is 4.58. The van der Waals surface area contributed by atoms with Crippen LogP contribution in [0.3, 0.4) is 0 Å². The van der Waals surface area contributed by atoms with E-state index < -0.39 is 11.3 Å². The van der Waals surface area contributed by atoms with Gasteiger partial charge in [-0.05, 0) is 52.9 Å². The zero-order valence-electron chi connectivity index (χ0n) is 14.5. The summed E-state index contributed by atoms with van der Waals surface area (Å²) < 4.78 is 11.4. The van der Waals surface area contributed by atoms with Gasteiger partial charge in [0.05, 0.1) is 12.6 Å². The molecule has 21 heavy (non-hydrogen) atoms. The molecule has 1 aliphatic heterocycles. The van der Waals surface area contributed by atoms with E-state index in [1.54, 1.807) is 4.90 Å². The van der Waals surface area contributed by atoms with E-state index in [9.17, 15) is 4.79 Å². The summed E-state index contributed by atoms with van der Waals surface area (Å²) in [5, 5.41) is 9.07. The zero-order chi connectivity index (χ0) is 16.5. The van der Waals surface area contributed by atoms with Gasteiger partial charge in [0.2, 0.25) is 0 Å². The molecule has 1 rings (SSSR count). The first-order chi connectivity index (χ1) is 9.41. The highest BCUT2D eigenvalue weighted by molar-refractivity contribution is 5.70. The summed E-state index contributed by atoms with van der Waals surface area (Å²) in [5.41, 5.74) is -1.35. The van der Waals surface area contributed by atoms with Crippen molar-refractivity contribution in [1.29, 1.82) is 0 Å². The molecule has 1 heterocycles. The smallest absolute Gasteiger partial charge is 0.412 e. The number of aliphatic hydroxyl groups excluding tert-OH is 1. The summed E-state index contributed by atoms with van der Waals surface area (Å²) in [6.45, 7) is 14.2. The van der Waals surface area contributed by atoms with Crippen LogP contribution >= 0.6 is 0 Å². The van der Waals surface area contributed by atoms with Gasteiger partial charge in [0.15, 0.2) is 0 Å². The lowest BCUT2D eigenvalue weighted by Crippen LogP contribution is -2.54. The molecule has 0 aliphatic carbocycles. The van der Waals surface area contributed by atoms with Gasteiger partial charge in [0.1, 0.15) is 11.3 Å². The summed E-state index contributed by atoms with van der Waals surface area (Å²) in [6.07, 6.45) is 1.20. The molecule has 0 aromatic carbocycles. The van der Waals surface area contributed by atoms with Crippen molar-refractivity contribution < 1.29 is 19.4 Å². The normalized spacial score (nSPS) is 22.5. The Morgan fingerprint density at radius 2 is 1.90 bits per heavy atom. The molecule has 1 fully saturated rings. The van der Waals surface area contributed by atoms with Crippen molar-refractivity contribution in [2.75, 3.05) is 13.2 Å². The van der Waals surface area contributed by atoms with Crippen LogP contribution in [-0.4, -0.2) is 46.7 Å². The Kier molecular flexibility index (Phi) is 5.32. The minimum Gasteiger partial charge on any atom is -0.444 e. The second-order valence-electron chi connectivity index (χ2n) is 7.94. The first-order valence-electron chi connectivity index (χ1n) is 7.68. The fourth-order valence-corrected chi connectivity index (χ4v) is 2.74. The predicted octanol–water partition coefficient (Wildman–Crippen LogP) is 3.16. The summed E-state index contributed by atoms with van der Waals surface area (Å²) in [6, 6.07) is -0.0612. The number of rotatable bonds is 4. The molecule has 1 saturated heterocycles. The van der Waals surface area contributed by atoms with E-state index in [0.717, 1.165) is 6.42 Å². The number of carbonyl (C=O) groups is 1. The Hall–Kier alpha value is -0.810. The molecule has 0 radical (unpaired) electrons. The predicted molar refractivity (Wildman–Crippen MR) is 82.0 cm³/mol. The highest BCUT2D eigenvalue weighted by Gasteiger charge is 2.50. The maximum atomic E-state index is 12.6. The SMILES string of the molecule is CC(C)(C)OC(=O)N1[C@@H](C(C)(C)CCCO)COC1(C)C. The third-order valence-electron chi connectivity index (χ3n) is 3.96. The van der Waals surface area contributed by atoms with Gasteiger partial charge < -0.3 is 14.6 Å². The van der Waals surface area contributed by atoms with Gasteiger partial charge >= 0.3 is 6.09 Å². The van der Waals surface area contributed by atoms with Crippen LogP contribution in [0.15, 0.2) is 0 Å². The summed E-state index contributed by atoms with van der Waals surface area (Å²) in [5.74, 6) is 0. The quantitative estimate of drug-likeness (QED) is 0.866.